The Labute approximate surface area is 203 Å². The fourth-order valence-corrected chi connectivity index (χ4v) is 5.45. The van der Waals surface area contributed by atoms with Crippen molar-refractivity contribution in [3.05, 3.63) is 54.1 Å². The fourth-order valence-electron chi connectivity index (χ4n) is 4.49. The maximum atomic E-state index is 12.9. The highest BCUT2D eigenvalue weighted by molar-refractivity contribution is 7.92. The van der Waals surface area contributed by atoms with Crippen LogP contribution in [0.4, 0.5) is 5.69 Å². The molecule has 1 aliphatic heterocycles. The molecule has 0 bridgehead atoms. The fraction of sp³-hybridized carbons (Fsp3) is 0.500. The third-order valence-corrected chi connectivity index (χ3v) is 7.60. The molecule has 1 amide bonds. The maximum absolute atomic E-state index is 12.9. The highest BCUT2D eigenvalue weighted by Gasteiger charge is 2.38. The highest BCUT2D eigenvalue weighted by Crippen LogP contribution is 2.42. The molecule has 2 aromatic carbocycles. The molecule has 7 nitrogen and oxygen atoms in total. The maximum Gasteiger partial charge on any atom is 0.232 e. The minimum Gasteiger partial charge on any atom is -0.492 e. The van der Waals surface area contributed by atoms with Crippen LogP contribution in [0.1, 0.15) is 64.5 Å². The van der Waals surface area contributed by atoms with Crippen LogP contribution < -0.4 is 19.1 Å². The number of carbonyl (C=O) groups excluding carboxylic acids is 1. The number of anilines is 1. The second kappa shape index (κ2) is 11.1. The van der Waals surface area contributed by atoms with Gasteiger partial charge in [0.2, 0.25) is 15.9 Å². The number of fused-ring (bicyclic) bond motifs is 1. The van der Waals surface area contributed by atoms with Crippen LogP contribution in [-0.2, 0) is 14.8 Å². The first-order chi connectivity index (χ1) is 16.2. The van der Waals surface area contributed by atoms with Crippen molar-refractivity contribution in [1.29, 1.82) is 0 Å². The van der Waals surface area contributed by atoms with Gasteiger partial charge in [-0.3, -0.25) is 9.10 Å². The minimum absolute atomic E-state index is 0.102. The molecule has 0 spiro atoms. The van der Waals surface area contributed by atoms with E-state index in [0.717, 1.165) is 24.2 Å². The zero-order chi connectivity index (χ0) is 24.8. The molecule has 2 aromatic rings. The second-order valence-electron chi connectivity index (χ2n) is 8.69. The van der Waals surface area contributed by atoms with Crippen molar-refractivity contribution in [3.63, 3.8) is 0 Å². The quantitative estimate of drug-likeness (QED) is 0.490. The number of rotatable bonds is 11. The lowest BCUT2D eigenvalue weighted by Crippen LogP contribution is -2.44. The third kappa shape index (κ3) is 6.03. The summed E-state index contributed by atoms with van der Waals surface area (Å²) in [5.41, 5.74) is 1.17. The number of ether oxygens (including phenoxy) is 2. The number of hydrogen-bond acceptors (Lipinski definition) is 5. The van der Waals surface area contributed by atoms with E-state index in [0.29, 0.717) is 30.9 Å². The van der Waals surface area contributed by atoms with Gasteiger partial charge in [0.1, 0.15) is 17.1 Å². The van der Waals surface area contributed by atoms with Gasteiger partial charge in [0.25, 0.3) is 0 Å². The monoisotopic (exact) mass is 488 g/mol. The molecule has 0 saturated heterocycles. The Bertz CT molecular complexity index is 1080. The molecule has 186 valence electrons. The van der Waals surface area contributed by atoms with Crippen LogP contribution in [0.3, 0.4) is 0 Å². The van der Waals surface area contributed by atoms with Gasteiger partial charge < -0.3 is 14.8 Å². The van der Waals surface area contributed by atoms with E-state index in [4.69, 9.17) is 9.47 Å². The van der Waals surface area contributed by atoms with E-state index >= 15 is 0 Å². The molecular weight excluding hydrogens is 452 g/mol. The topological polar surface area (TPSA) is 84.9 Å². The van der Waals surface area contributed by atoms with Gasteiger partial charge in [-0.05, 0) is 44.4 Å². The Hall–Kier alpha value is -2.74. The zero-order valence-corrected chi connectivity index (χ0v) is 21.4. The Morgan fingerprint density at radius 1 is 1.12 bits per heavy atom. The molecule has 8 heteroatoms. The number of nitrogens with one attached hydrogen (secondary N) is 1. The number of sulfonamides is 1. The van der Waals surface area contributed by atoms with E-state index in [-0.39, 0.29) is 30.5 Å². The normalized spacial score (nSPS) is 16.8. The summed E-state index contributed by atoms with van der Waals surface area (Å²) in [6.07, 6.45) is 4.19. The number of amides is 1. The van der Waals surface area contributed by atoms with Crippen molar-refractivity contribution < 1.29 is 22.7 Å². The summed E-state index contributed by atoms with van der Waals surface area (Å²) >= 11 is 0. The molecule has 0 fully saturated rings. The number of para-hydroxylation sites is 3. The molecule has 1 aliphatic rings. The summed E-state index contributed by atoms with van der Waals surface area (Å²) in [6, 6.07) is 14.8. The summed E-state index contributed by atoms with van der Waals surface area (Å²) in [4.78, 5) is 12.9. The zero-order valence-electron chi connectivity index (χ0n) is 20.5. The average Bonchev–Trinajstić information content (AvgIpc) is 2.81. The predicted molar refractivity (Wildman–Crippen MR) is 135 cm³/mol. The minimum atomic E-state index is -3.54. The van der Waals surface area contributed by atoms with Crippen molar-refractivity contribution in [1.82, 2.24) is 5.32 Å². The van der Waals surface area contributed by atoms with E-state index < -0.39 is 10.0 Å². The number of benzene rings is 2. The first-order valence-corrected chi connectivity index (χ1v) is 13.8. The average molecular weight is 489 g/mol. The summed E-state index contributed by atoms with van der Waals surface area (Å²) < 4.78 is 38.3. The van der Waals surface area contributed by atoms with Crippen LogP contribution in [-0.4, -0.2) is 39.3 Å². The standard InChI is InChI=1S/C26H36N2O5S/c1-5-26(6-2)19-21(20-13-8-10-15-23(20)33-26)27-25(29)17-12-18-28(34(4,30)31)22-14-9-11-16-24(22)32-7-3/h8-11,13-16,21H,5-7,12,17-19H2,1-4H3,(H,27,29)/t21-/m1/s1. The van der Waals surface area contributed by atoms with Gasteiger partial charge in [-0.15, -0.1) is 0 Å². The highest BCUT2D eigenvalue weighted by atomic mass is 32.2. The van der Waals surface area contributed by atoms with Gasteiger partial charge >= 0.3 is 0 Å². The van der Waals surface area contributed by atoms with E-state index in [1.807, 2.05) is 31.2 Å². The first kappa shape index (κ1) is 25.9. The Morgan fingerprint density at radius 2 is 1.79 bits per heavy atom. The molecule has 34 heavy (non-hydrogen) atoms. The van der Waals surface area contributed by atoms with E-state index in [1.54, 1.807) is 24.3 Å². The smallest absolute Gasteiger partial charge is 0.232 e. The summed E-state index contributed by atoms with van der Waals surface area (Å²) in [6.45, 7) is 6.69. The lowest BCUT2D eigenvalue weighted by Gasteiger charge is -2.41. The number of carbonyl (C=O) groups is 1. The molecule has 0 aromatic heterocycles. The van der Waals surface area contributed by atoms with Crippen LogP contribution in [0, 0.1) is 0 Å². The van der Waals surface area contributed by atoms with Gasteiger partial charge in [0.05, 0.1) is 24.6 Å². The van der Waals surface area contributed by atoms with E-state index in [2.05, 4.69) is 19.2 Å². The van der Waals surface area contributed by atoms with Crippen LogP contribution in [0.25, 0.3) is 0 Å². The Morgan fingerprint density at radius 3 is 2.47 bits per heavy atom. The lowest BCUT2D eigenvalue weighted by molar-refractivity contribution is -0.122. The lowest BCUT2D eigenvalue weighted by atomic mass is 9.83. The van der Waals surface area contributed by atoms with Crippen molar-refractivity contribution in [3.8, 4) is 11.5 Å². The Balaban J connectivity index is 1.68. The largest absolute Gasteiger partial charge is 0.492 e. The molecule has 1 atom stereocenters. The molecule has 3 rings (SSSR count). The van der Waals surface area contributed by atoms with Crippen LogP contribution in [0.5, 0.6) is 11.5 Å². The van der Waals surface area contributed by atoms with Gasteiger partial charge in [0.15, 0.2) is 0 Å². The molecular formula is C26H36N2O5S. The van der Waals surface area contributed by atoms with E-state index in [9.17, 15) is 13.2 Å². The van der Waals surface area contributed by atoms with Gasteiger partial charge in [-0.2, -0.15) is 0 Å². The molecule has 1 N–H and O–H groups in total. The van der Waals surface area contributed by atoms with Crippen LogP contribution >= 0.6 is 0 Å². The molecule has 0 aliphatic carbocycles. The summed E-state index contributed by atoms with van der Waals surface area (Å²) in [5, 5.41) is 3.17. The summed E-state index contributed by atoms with van der Waals surface area (Å²) in [5.74, 6) is 1.22. The molecule has 0 unspecified atom stereocenters. The van der Waals surface area contributed by atoms with Crippen molar-refractivity contribution >= 4 is 21.6 Å². The van der Waals surface area contributed by atoms with E-state index in [1.165, 1.54) is 10.6 Å². The van der Waals surface area contributed by atoms with Crippen molar-refractivity contribution in [2.45, 2.75) is 64.5 Å². The van der Waals surface area contributed by atoms with Gasteiger partial charge in [-0.1, -0.05) is 44.2 Å². The van der Waals surface area contributed by atoms with Gasteiger partial charge in [-0.25, -0.2) is 8.42 Å². The SMILES string of the molecule is CCOc1ccccc1N(CCCC(=O)N[C@@H]1CC(CC)(CC)Oc2ccccc21)S(C)(=O)=O. The first-order valence-electron chi connectivity index (χ1n) is 12.0. The molecule has 1 heterocycles. The number of hydrogen-bond donors (Lipinski definition) is 1. The number of nitrogens with zero attached hydrogens (tertiary/aromatic N) is 1. The van der Waals surface area contributed by atoms with Crippen molar-refractivity contribution in [2.75, 3.05) is 23.7 Å². The third-order valence-electron chi connectivity index (χ3n) is 6.42. The molecule has 0 radical (unpaired) electrons. The predicted octanol–water partition coefficient (Wildman–Crippen LogP) is 4.83. The van der Waals surface area contributed by atoms with Crippen molar-refractivity contribution in [2.24, 2.45) is 0 Å². The second-order valence-corrected chi connectivity index (χ2v) is 10.6. The summed E-state index contributed by atoms with van der Waals surface area (Å²) in [7, 11) is -3.54. The van der Waals surface area contributed by atoms with Crippen LogP contribution in [0.2, 0.25) is 0 Å². The van der Waals surface area contributed by atoms with Crippen LogP contribution in [0.15, 0.2) is 48.5 Å². The van der Waals surface area contributed by atoms with Gasteiger partial charge in [0, 0.05) is 24.9 Å². The molecule has 0 saturated carbocycles. The Kier molecular flexibility index (Phi) is 8.47.